The van der Waals surface area contributed by atoms with Crippen LogP contribution in [0.4, 0.5) is 0 Å². The summed E-state index contributed by atoms with van der Waals surface area (Å²) in [6, 6.07) is 0. The van der Waals surface area contributed by atoms with Crippen molar-refractivity contribution < 1.29 is 44.5 Å². The van der Waals surface area contributed by atoms with E-state index in [9.17, 15) is 30.3 Å². The summed E-state index contributed by atoms with van der Waals surface area (Å²) < 4.78 is 17.1. The van der Waals surface area contributed by atoms with E-state index in [0.717, 1.165) is 24.0 Å². The first kappa shape index (κ1) is 22.1. The average molecular weight is 428 g/mol. The lowest BCUT2D eigenvalue weighted by Gasteiger charge is -2.51. The second kappa shape index (κ2) is 7.51. The van der Waals surface area contributed by atoms with Crippen LogP contribution in [0.25, 0.3) is 0 Å². The third-order valence-electron chi connectivity index (χ3n) is 7.79. The Balaban J connectivity index is 1.62. The van der Waals surface area contributed by atoms with Crippen molar-refractivity contribution in [2.45, 2.75) is 95.0 Å². The second-order valence-electron chi connectivity index (χ2n) is 9.55. The zero-order valence-corrected chi connectivity index (χ0v) is 17.5. The number of rotatable bonds is 3. The molecule has 5 N–H and O–H groups in total. The van der Waals surface area contributed by atoms with Gasteiger partial charge in [0.2, 0.25) is 0 Å². The first-order valence-electron chi connectivity index (χ1n) is 10.6. The third kappa shape index (κ3) is 3.14. The summed E-state index contributed by atoms with van der Waals surface area (Å²) in [7, 11) is 0. The molecule has 30 heavy (non-hydrogen) atoms. The van der Waals surface area contributed by atoms with Crippen molar-refractivity contribution in [2.75, 3.05) is 6.61 Å². The van der Waals surface area contributed by atoms with E-state index in [4.69, 9.17) is 14.2 Å². The van der Waals surface area contributed by atoms with Crippen molar-refractivity contribution in [3.05, 3.63) is 11.1 Å². The van der Waals surface area contributed by atoms with E-state index in [1.54, 1.807) is 6.92 Å². The smallest absolute Gasteiger partial charge is 0.312 e. The van der Waals surface area contributed by atoms with Gasteiger partial charge in [0, 0.05) is 0 Å². The Morgan fingerprint density at radius 1 is 1.13 bits per heavy atom. The van der Waals surface area contributed by atoms with Crippen molar-refractivity contribution in [3.8, 4) is 0 Å². The molecule has 4 aliphatic rings. The maximum atomic E-state index is 12.2. The SMILES string of the molecule is CC1=C2[C@@H]3OC(=O)[C@H](C)[C@]3(O)CC[C@@]2(C)CC[C@H]1O[C@H]1O[C@H](CO)[C@@H](O)[C@H](O)[C@H]1O. The van der Waals surface area contributed by atoms with E-state index < -0.39 is 67.0 Å². The standard InChI is InChI=1S/C21H32O9/c1-9-11(28-19-16(25)15(24)14(23)12(8-22)29-19)4-5-20(3)6-7-21(27)10(2)18(26)30-17(21)13(9)20/h10-12,14-17,19,22-25,27H,4-8H2,1-3H3/t10-,11+,12+,14+,15-,16+,17-,19-,20+,21+/m0/s1. The van der Waals surface area contributed by atoms with E-state index in [1.165, 1.54) is 0 Å². The highest BCUT2D eigenvalue weighted by Gasteiger charge is 2.62. The molecule has 0 radical (unpaired) electrons. The molecule has 9 nitrogen and oxygen atoms in total. The fourth-order valence-electron chi connectivity index (χ4n) is 5.63. The Kier molecular flexibility index (Phi) is 5.54. The van der Waals surface area contributed by atoms with Gasteiger partial charge < -0.3 is 39.7 Å². The van der Waals surface area contributed by atoms with Crippen molar-refractivity contribution in [1.82, 2.24) is 0 Å². The quantitative estimate of drug-likeness (QED) is 0.293. The zero-order chi connectivity index (χ0) is 22.0. The van der Waals surface area contributed by atoms with Gasteiger partial charge in [-0.05, 0) is 56.1 Å². The van der Waals surface area contributed by atoms with Crippen molar-refractivity contribution in [3.63, 3.8) is 0 Å². The first-order chi connectivity index (χ1) is 14.0. The van der Waals surface area contributed by atoms with Crippen LogP contribution in [0.3, 0.4) is 0 Å². The average Bonchev–Trinajstić information content (AvgIpc) is 2.94. The number of carbonyl (C=O) groups excluding carboxylic acids is 1. The number of ether oxygens (including phenoxy) is 3. The van der Waals surface area contributed by atoms with Crippen LogP contribution in [-0.4, -0.2) is 86.6 Å². The monoisotopic (exact) mass is 428 g/mol. The van der Waals surface area contributed by atoms with Gasteiger partial charge in [0.25, 0.3) is 0 Å². The van der Waals surface area contributed by atoms with Crippen LogP contribution in [-0.2, 0) is 19.0 Å². The molecular formula is C21H32O9. The number of carbonyl (C=O) groups is 1. The fraction of sp³-hybridized carbons (Fsp3) is 0.857. The zero-order valence-electron chi connectivity index (χ0n) is 17.5. The van der Waals surface area contributed by atoms with Gasteiger partial charge in [0.15, 0.2) is 12.4 Å². The minimum Gasteiger partial charge on any atom is -0.454 e. The lowest BCUT2D eigenvalue weighted by atomic mass is 9.57. The molecule has 0 amide bonds. The minimum absolute atomic E-state index is 0.236. The molecule has 0 spiro atoms. The predicted molar refractivity (Wildman–Crippen MR) is 102 cm³/mol. The van der Waals surface area contributed by atoms with Crippen LogP contribution in [0.15, 0.2) is 11.1 Å². The molecule has 0 aromatic carbocycles. The van der Waals surface area contributed by atoms with Crippen LogP contribution in [0.2, 0.25) is 0 Å². The van der Waals surface area contributed by atoms with Gasteiger partial charge in [-0.3, -0.25) is 4.79 Å². The molecule has 10 atom stereocenters. The molecule has 0 unspecified atom stereocenters. The molecule has 9 heteroatoms. The number of hydrogen-bond acceptors (Lipinski definition) is 9. The van der Waals surface area contributed by atoms with E-state index in [0.29, 0.717) is 12.8 Å². The number of aliphatic hydroxyl groups excluding tert-OH is 4. The molecule has 4 rings (SSSR count). The largest absolute Gasteiger partial charge is 0.454 e. The van der Waals surface area contributed by atoms with Crippen molar-refractivity contribution in [2.24, 2.45) is 11.3 Å². The second-order valence-corrected chi connectivity index (χ2v) is 9.55. The number of fused-ring (bicyclic) bond motifs is 3. The van der Waals surface area contributed by atoms with E-state index in [-0.39, 0.29) is 5.41 Å². The molecule has 2 heterocycles. The summed E-state index contributed by atoms with van der Waals surface area (Å²) in [5, 5.41) is 50.9. The van der Waals surface area contributed by atoms with Crippen molar-refractivity contribution in [1.29, 1.82) is 0 Å². The summed E-state index contributed by atoms with van der Waals surface area (Å²) in [6.45, 7) is 5.12. The number of esters is 1. The normalized spacial score (nSPS) is 51.4. The van der Waals surface area contributed by atoms with Crippen molar-refractivity contribution >= 4 is 5.97 Å². The maximum Gasteiger partial charge on any atom is 0.312 e. The molecule has 2 aliphatic carbocycles. The molecule has 0 aromatic heterocycles. The summed E-state index contributed by atoms with van der Waals surface area (Å²) in [5.74, 6) is -1.02. The van der Waals surface area contributed by atoms with Crippen LogP contribution in [0, 0.1) is 11.3 Å². The van der Waals surface area contributed by atoms with Crippen LogP contribution >= 0.6 is 0 Å². The minimum atomic E-state index is -1.51. The van der Waals surface area contributed by atoms with Gasteiger partial charge in [-0.2, -0.15) is 0 Å². The highest BCUT2D eigenvalue weighted by atomic mass is 16.7. The van der Waals surface area contributed by atoms with Gasteiger partial charge >= 0.3 is 5.97 Å². The molecule has 3 fully saturated rings. The Bertz CT molecular complexity index is 736. The lowest BCUT2D eigenvalue weighted by Crippen LogP contribution is -2.60. The maximum absolute atomic E-state index is 12.2. The number of aliphatic hydroxyl groups is 5. The molecule has 2 aliphatic heterocycles. The summed E-state index contributed by atoms with van der Waals surface area (Å²) >= 11 is 0. The predicted octanol–water partition coefficient (Wildman–Crippen LogP) is -0.625. The van der Waals surface area contributed by atoms with Gasteiger partial charge in [-0.15, -0.1) is 0 Å². The first-order valence-corrected chi connectivity index (χ1v) is 10.6. The molecule has 1 saturated carbocycles. The topological polar surface area (TPSA) is 146 Å². The number of hydrogen-bond donors (Lipinski definition) is 5. The molecule has 170 valence electrons. The molecule has 0 bridgehead atoms. The third-order valence-corrected chi connectivity index (χ3v) is 7.79. The highest BCUT2D eigenvalue weighted by Crippen LogP contribution is 2.57. The van der Waals surface area contributed by atoms with Gasteiger partial charge in [-0.1, -0.05) is 6.92 Å². The van der Waals surface area contributed by atoms with Gasteiger partial charge in [0.05, 0.1) is 18.6 Å². The van der Waals surface area contributed by atoms with E-state index in [2.05, 4.69) is 6.92 Å². The van der Waals surface area contributed by atoms with Gasteiger partial charge in [0.1, 0.15) is 30.0 Å². The fourth-order valence-corrected chi connectivity index (χ4v) is 5.63. The van der Waals surface area contributed by atoms with E-state index >= 15 is 0 Å². The Hall–Kier alpha value is -1.07. The van der Waals surface area contributed by atoms with Crippen LogP contribution in [0.5, 0.6) is 0 Å². The van der Waals surface area contributed by atoms with Crippen LogP contribution < -0.4 is 0 Å². The molecular weight excluding hydrogens is 396 g/mol. The Labute approximate surface area is 175 Å². The summed E-state index contributed by atoms with van der Waals surface area (Å²) in [4.78, 5) is 12.2. The summed E-state index contributed by atoms with van der Waals surface area (Å²) in [6.07, 6.45) is -5.41. The molecule has 0 aromatic rings. The van der Waals surface area contributed by atoms with E-state index in [1.807, 2.05) is 6.92 Å². The lowest BCUT2D eigenvalue weighted by molar-refractivity contribution is -0.309. The molecule has 2 saturated heterocycles. The Morgan fingerprint density at radius 3 is 2.50 bits per heavy atom. The highest BCUT2D eigenvalue weighted by molar-refractivity contribution is 5.77. The van der Waals surface area contributed by atoms with Crippen LogP contribution in [0.1, 0.15) is 46.5 Å². The Morgan fingerprint density at radius 2 is 1.83 bits per heavy atom. The summed E-state index contributed by atoms with van der Waals surface area (Å²) in [5.41, 5.74) is 0.180. The van der Waals surface area contributed by atoms with Gasteiger partial charge in [-0.25, -0.2) is 0 Å².